The molecule has 2 atom stereocenters. The molecule has 4 rings (SSSR count). The smallest absolute Gasteiger partial charge is 0.224 e. The van der Waals surface area contributed by atoms with E-state index in [9.17, 15) is 12.8 Å². The number of benzene rings is 2. The lowest BCUT2D eigenvalue weighted by atomic mass is 9.89. The van der Waals surface area contributed by atoms with E-state index < -0.39 is 26.0 Å². The molecule has 5 N–H and O–H groups in total. The van der Waals surface area contributed by atoms with Crippen LogP contribution in [-0.4, -0.2) is 24.0 Å². The van der Waals surface area contributed by atoms with Gasteiger partial charge in [0.15, 0.2) is 16.4 Å². The highest BCUT2D eigenvalue weighted by molar-refractivity contribution is 7.90. The van der Waals surface area contributed by atoms with E-state index in [1.54, 1.807) is 36.4 Å². The number of anilines is 1. The number of nitrogens with zero attached hydrogens (tertiary/aromatic N) is 1. The summed E-state index contributed by atoms with van der Waals surface area (Å²) in [4.78, 5) is 0. The molecule has 2 aromatic carbocycles. The first-order chi connectivity index (χ1) is 13.7. The van der Waals surface area contributed by atoms with Gasteiger partial charge in [-0.2, -0.15) is 5.10 Å². The van der Waals surface area contributed by atoms with Crippen molar-refractivity contribution < 1.29 is 12.8 Å². The van der Waals surface area contributed by atoms with Crippen molar-refractivity contribution in [1.82, 2.24) is 10.2 Å². The first kappa shape index (κ1) is 19.9. The highest BCUT2D eigenvalue weighted by Crippen LogP contribution is 2.44. The minimum absolute atomic E-state index is 0.153. The first-order valence-electron chi connectivity index (χ1n) is 8.41. The molecule has 0 aliphatic heterocycles. The molecule has 0 bridgehead atoms. The molecule has 0 saturated heterocycles. The summed E-state index contributed by atoms with van der Waals surface area (Å²) in [6, 6.07) is 9.51. The maximum absolute atomic E-state index is 14.9. The number of sulfonamides is 1. The molecule has 2 unspecified atom stereocenters. The summed E-state index contributed by atoms with van der Waals surface area (Å²) in [6.45, 7) is 0. The van der Waals surface area contributed by atoms with Gasteiger partial charge in [-0.25, -0.2) is 17.9 Å². The third-order valence-corrected chi connectivity index (χ3v) is 7.76. The van der Waals surface area contributed by atoms with Crippen molar-refractivity contribution >= 4 is 49.9 Å². The van der Waals surface area contributed by atoms with Gasteiger partial charge in [0.1, 0.15) is 5.52 Å². The number of hydrogen-bond acceptors (Lipinski definition) is 4. The van der Waals surface area contributed by atoms with E-state index in [-0.39, 0.29) is 16.4 Å². The SMILES string of the molecule is Nc1n[nH]c2c(F)c(-c3ccc(C4(S(N)(=O)=O)C=CC=C(Cl)C4Cl)cc3)ccc12. The van der Waals surface area contributed by atoms with Crippen molar-refractivity contribution in [2.45, 2.75) is 10.1 Å². The molecular weight excluding hydrogens is 438 g/mol. The van der Waals surface area contributed by atoms with Gasteiger partial charge in [0, 0.05) is 16.0 Å². The van der Waals surface area contributed by atoms with E-state index in [0.717, 1.165) is 0 Å². The van der Waals surface area contributed by atoms with Gasteiger partial charge >= 0.3 is 0 Å². The molecule has 6 nitrogen and oxygen atoms in total. The number of rotatable bonds is 3. The fraction of sp³-hybridized carbons (Fsp3) is 0.105. The number of hydrogen-bond donors (Lipinski definition) is 3. The Hall–Kier alpha value is -2.39. The first-order valence-corrected chi connectivity index (χ1v) is 10.8. The highest BCUT2D eigenvalue weighted by atomic mass is 35.5. The van der Waals surface area contributed by atoms with Crippen molar-refractivity contribution in [2.24, 2.45) is 5.14 Å². The van der Waals surface area contributed by atoms with Crippen LogP contribution in [0.4, 0.5) is 10.2 Å². The van der Waals surface area contributed by atoms with E-state index >= 15 is 0 Å². The summed E-state index contributed by atoms with van der Waals surface area (Å²) >= 11 is 12.5. The number of nitrogens with one attached hydrogen (secondary N) is 1. The fourth-order valence-electron chi connectivity index (χ4n) is 3.51. The normalized spacial score (nSPS) is 22.1. The molecule has 29 heavy (non-hydrogen) atoms. The molecule has 10 heteroatoms. The van der Waals surface area contributed by atoms with Gasteiger partial charge in [-0.3, -0.25) is 5.10 Å². The van der Waals surface area contributed by atoms with Crippen LogP contribution in [0.5, 0.6) is 0 Å². The van der Waals surface area contributed by atoms with Gasteiger partial charge in [-0.05, 0) is 23.3 Å². The lowest BCUT2D eigenvalue weighted by Crippen LogP contribution is -2.47. The number of nitrogens with two attached hydrogens (primary N) is 2. The maximum atomic E-state index is 14.9. The van der Waals surface area contributed by atoms with Crippen molar-refractivity contribution in [2.75, 3.05) is 5.73 Å². The van der Waals surface area contributed by atoms with E-state index in [1.807, 2.05) is 0 Å². The Morgan fingerprint density at radius 3 is 2.52 bits per heavy atom. The number of halogens is 3. The van der Waals surface area contributed by atoms with Gasteiger partial charge in [0.2, 0.25) is 10.0 Å². The Morgan fingerprint density at radius 2 is 1.86 bits per heavy atom. The Bertz CT molecular complexity index is 1290. The topological polar surface area (TPSA) is 115 Å². The minimum atomic E-state index is -4.18. The largest absolute Gasteiger partial charge is 0.382 e. The molecule has 1 aliphatic carbocycles. The van der Waals surface area contributed by atoms with Crippen LogP contribution in [0.2, 0.25) is 0 Å². The number of alkyl halides is 1. The van der Waals surface area contributed by atoms with E-state index in [1.165, 1.54) is 18.2 Å². The molecule has 3 aromatic rings. The summed E-state index contributed by atoms with van der Waals surface area (Å²) in [5, 5.41) is 11.5. The van der Waals surface area contributed by atoms with Crippen LogP contribution in [0, 0.1) is 5.82 Å². The summed E-state index contributed by atoms with van der Waals surface area (Å²) in [5.41, 5.74) is 7.04. The molecule has 0 spiro atoms. The molecule has 0 saturated carbocycles. The Morgan fingerprint density at radius 1 is 1.17 bits per heavy atom. The zero-order valence-corrected chi connectivity index (χ0v) is 17.1. The quantitative estimate of drug-likeness (QED) is 0.524. The van der Waals surface area contributed by atoms with Gasteiger partial charge in [0.25, 0.3) is 0 Å². The zero-order chi connectivity index (χ0) is 21.0. The van der Waals surface area contributed by atoms with Crippen LogP contribution in [0.1, 0.15) is 5.56 Å². The van der Waals surface area contributed by atoms with Crippen LogP contribution in [0.15, 0.2) is 59.7 Å². The Labute approximate surface area is 176 Å². The van der Waals surface area contributed by atoms with Crippen LogP contribution >= 0.6 is 23.2 Å². The van der Waals surface area contributed by atoms with Crippen LogP contribution in [0.25, 0.3) is 22.0 Å². The number of aromatic amines is 1. The molecule has 0 fully saturated rings. The molecule has 1 aromatic heterocycles. The summed E-state index contributed by atoms with van der Waals surface area (Å²) in [6.07, 6.45) is 4.41. The zero-order valence-electron chi connectivity index (χ0n) is 14.7. The number of fused-ring (bicyclic) bond motifs is 1. The third kappa shape index (κ3) is 2.95. The van der Waals surface area contributed by atoms with Crippen molar-refractivity contribution in [1.29, 1.82) is 0 Å². The number of primary sulfonamides is 1. The van der Waals surface area contributed by atoms with E-state index in [4.69, 9.17) is 34.1 Å². The second-order valence-corrected chi connectivity index (χ2v) is 9.29. The number of aromatic nitrogens is 2. The average molecular weight is 453 g/mol. The Kier molecular flexibility index (Phi) is 4.70. The molecule has 0 amide bonds. The van der Waals surface area contributed by atoms with Crippen molar-refractivity contribution in [3.63, 3.8) is 0 Å². The highest BCUT2D eigenvalue weighted by Gasteiger charge is 2.49. The maximum Gasteiger partial charge on any atom is 0.224 e. The Balaban J connectivity index is 1.83. The third-order valence-electron chi connectivity index (χ3n) is 5.04. The van der Waals surface area contributed by atoms with Gasteiger partial charge in [-0.1, -0.05) is 54.1 Å². The van der Waals surface area contributed by atoms with Crippen LogP contribution in [0.3, 0.4) is 0 Å². The van der Waals surface area contributed by atoms with Crippen LogP contribution < -0.4 is 10.9 Å². The van der Waals surface area contributed by atoms with E-state index in [0.29, 0.717) is 22.1 Å². The predicted molar refractivity (Wildman–Crippen MR) is 113 cm³/mol. The van der Waals surface area contributed by atoms with Gasteiger partial charge in [0.05, 0.1) is 5.38 Å². The second-order valence-electron chi connectivity index (χ2n) is 6.65. The lowest BCUT2D eigenvalue weighted by molar-refractivity contribution is 0.560. The molecule has 150 valence electrons. The number of nitrogen functional groups attached to an aromatic ring is 1. The average Bonchev–Trinajstić information content (AvgIpc) is 3.06. The fourth-order valence-corrected chi connectivity index (χ4v) is 5.61. The summed E-state index contributed by atoms with van der Waals surface area (Å²) in [5.74, 6) is -0.308. The minimum Gasteiger partial charge on any atom is -0.382 e. The standard InChI is InChI=1S/C19H15Cl2FN4O2S/c20-14-2-1-9-19(17(14)21,29(24,27)28)11-5-3-10(4-6-11)12-7-8-13-16(15(12)22)25-26-18(13)23/h1-9,17H,(H3,23,25,26)(H2,24,27,28). The van der Waals surface area contributed by atoms with Gasteiger partial charge < -0.3 is 5.73 Å². The summed E-state index contributed by atoms with van der Waals surface area (Å²) < 4.78 is 38.2. The molecule has 1 aliphatic rings. The second kappa shape index (κ2) is 6.84. The summed E-state index contributed by atoms with van der Waals surface area (Å²) in [7, 11) is -4.18. The lowest BCUT2D eigenvalue weighted by Gasteiger charge is -2.35. The molecule has 0 radical (unpaired) electrons. The van der Waals surface area contributed by atoms with Crippen LogP contribution in [-0.2, 0) is 14.8 Å². The number of allylic oxidation sites excluding steroid dienone is 3. The molecular formula is C19H15Cl2FN4O2S. The predicted octanol–water partition coefficient (Wildman–Crippen LogP) is 3.73. The van der Waals surface area contributed by atoms with Crippen molar-refractivity contribution in [3.05, 3.63) is 71.0 Å². The number of H-pyrrole nitrogens is 1. The molecule has 1 heterocycles. The van der Waals surface area contributed by atoms with E-state index in [2.05, 4.69) is 10.2 Å². The monoisotopic (exact) mass is 452 g/mol. The van der Waals surface area contributed by atoms with Crippen molar-refractivity contribution in [3.8, 4) is 11.1 Å². The van der Waals surface area contributed by atoms with Gasteiger partial charge in [-0.15, -0.1) is 11.6 Å².